The Balaban J connectivity index is 1.05. The summed E-state index contributed by atoms with van der Waals surface area (Å²) in [5.74, 6) is 0. The van der Waals surface area contributed by atoms with Gasteiger partial charge in [-0.3, -0.25) is 0 Å². The first-order valence-corrected chi connectivity index (χ1v) is 17.6. The second-order valence-electron chi connectivity index (χ2n) is 13.6. The highest BCUT2D eigenvalue weighted by Gasteiger charge is 2.17. The summed E-state index contributed by atoms with van der Waals surface area (Å²) in [5.41, 5.74) is 8.84. The normalized spacial score (nSPS) is 11.9. The van der Waals surface area contributed by atoms with Crippen LogP contribution in [0.1, 0.15) is 0 Å². The fourth-order valence-electron chi connectivity index (χ4n) is 8.41. The molecule has 0 spiro atoms. The van der Waals surface area contributed by atoms with Crippen LogP contribution in [0.4, 0.5) is 0 Å². The van der Waals surface area contributed by atoms with Crippen LogP contribution in [-0.2, 0) is 0 Å². The van der Waals surface area contributed by atoms with Crippen LogP contribution in [-0.4, -0.2) is 0 Å². The second-order valence-corrected chi connectivity index (χ2v) is 13.6. The highest BCUT2D eigenvalue weighted by molar-refractivity contribution is 6.26. The van der Waals surface area contributed by atoms with Gasteiger partial charge in [0.15, 0.2) is 0 Å². The smallest absolute Gasteiger partial charge is 0.143 e. The first-order chi connectivity index (χ1) is 25.3. The van der Waals surface area contributed by atoms with Crippen molar-refractivity contribution in [2.45, 2.75) is 0 Å². The number of rotatable bonds is 3. The number of furan rings is 1. The summed E-state index contributed by atoms with van der Waals surface area (Å²) in [5, 5.41) is 14.9. The molecule has 0 saturated carbocycles. The van der Waals surface area contributed by atoms with Crippen molar-refractivity contribution in [3.8, 4) is 33.4 Å². The molecule has 11 rings (SSSR count). The molecule has 0 aliphatic heterocycles. The average molecular weight is 647 g/mol. The van der Waals surface area contributed by atoms with Gasteiger partial charge in [-0.2, -0.15) is 0 Å². The molecule has 0 amide bonds. The van der Waals surface area contributed by atoms with E-state index < -0.39 is 0 Å². The topological polar surface area (TPSA) is 13.1 Å². The maximum absolute atomic E-state index is 6.92. The standard InChI is InChI=1S/C50H30O/c1-2-12-37-31(10-1)11-7-17-38(37)34-24-22-33-29-35(25-23-32(33)28-34)39-18-8-20-46-47-21-9-19-40(50(47)51-49(39)46)36-26-27-45-43-15-4-3-13-41(43)42-14-5-6-16-44(42)48(45)30-36/h1-30H. The lowest BCUT2D eigenvalue weighted by Crippen LogP contribution is -1.85. The lowest BCUT2D eigenvalue weighted by molar-refractivity contribution is 0.671. The van der Waals surface area contributed by atoms with Gasteiger partial charge in [0.1, 0.15) is 11.2 Å². The molecule has 1 heteroatoms. The molecular weight excluding hydrogens is 617 g/mol. The fourth-order valence-corrected chi connectivity index (χ4v) is 8.41. The van der Waals surface area contributed by atoms with Crippen molar-refractivity contribution in [3.05, 3.63) is 182 Å². The maximum atomic E-state index is 6.92. The molecule has 0 atom stereocenters. The third-order valence-electron chi connectivity index (χ3n) is 10.8. The van der Waals surface area contributed by atoms with Crippen molar-refractivity contribution < 1.29 is 4.42 Å². The third kappa shape index (κ3) is 4.28. The maximum Gasteiger partial charge on any atom is 0.143 e. The Bertz CT molecular complexity index is 3160. The van der Waals surface area contributed by atoms with Crippen LogP contribution in [0.3, 0.4) is 0 Å². The van der Waals surface area contributed by atoms with Gasteiger partial charge in [0.2, 0.25) is 0 Å². The molecule has 0 aliphatic rings. The molecule has 0 fully saturated rings. The number of fused-ring (bicyclic) bond motifs is 11. The van der Waals surface area contributed by atoms with Gasteiger partial charge in [-0.15, -0.1) is 0 Å². The second kappa shape index (κ2) is 10.9. The molecule has 10 aromatic carbocycles. The van der Waals surface area contributed by atoms with E-state index in [4.69, 9.17) is 4.42 Å². The minimum Gasteiger partial charge on any atom is -0.455 e. The van der Waals surface area contributed by atoms with E-state index in [0.717, 1.165) is 44.2 Å². The van der Waals surface area contributed by atoms with E-state index in [1.807, 2.05) is 0 Å². The summed E-state index contributed by atoms with van der Waals surface area (Å²) >= 11 is 0. The molecular formula is C50H30O. The third-order valence-corrected chi connectivity index (χ3v) is 10.8. The molecule has 236 valence electrons. The van der Waals surface area contributed by atoms with Gasteiger partial charge in [-0.25, -0.2) is 0 Å². The molecule has 51 heavy (non-hydrogen) atoms. The van der Waals surface area contributed by atoms with Crippen LogP contribution in [0.2, 0.25) is 0 Å². The monoisotopic (exact) mass is 646 g/mol. The van der Waals surface area contributed by atoms with Crippen molar-refractivity contribution >= 4 is 75.8 Å². The Morgan fingerprint density at radius 1 is 0.235 bits per heavy atom. The Kier molecular flexibility index (Phi) is 6.02. The van der Waals surface area contributed by atoms with Gasteiger partial charge in [-0.1, -0.05) is 164 Å². The van der Waals surface area contributed by atoms with Crippen LogP contribution in [0, 0.1) is 0 Å². The van der Waals surface area contributed by atoms with E-state index in [-0.39, 0.29) is 0 Å². The summed E-state index contributed by atoms with van der Waals surface area (Å²) < 4.78 is 6.92. The van der Waals surface area contributed by atoms with Crippen molar-refractivity contribution in [1.82, 2.24) is 0 Å². The summed E-state index contributed by atoms with van der Waals surface area (Å²) in [6, 6.07) is 66.2. The van der Waals surface area contributed by atoms with E-state index in [1.165, 1.54) is 65.0 Å². The molecule has 0 saturated heterocycles. The zero-order valence-electron chi connectivity index (χ0n) is 27.7. The molecule has 11 aromatic rings. The number of hydrogen-bond acceptors (Lipinski definition) is 1. The molecule has 0 N–H and O–H groups in total. The number of hydrogen-bond donors (Lipinski definition) is 0. The summed E-state index contributed by atoms with van der Waals surface area (Å²) in [7, 11) is 0. The zero-order chi connectivity index (χ0) is 33.5. The number of para-hydroxylation sites is 2. The van der Waals surface area contributed by atoms with Crippen LogP contribution < -0.4 is 0 Å². The highest BCUT2D eigenvalue weighted by atomic mass is 16.3. The van der Waals surface area contributed by atoms with Crippen LogP contribution in [0.25, 0.3) is 109 Å². The van der Waals surface area contributed by atoms with Gasteiger partial charge >= 0.3 is 0 Å². The minimum atomic E-state index is 0.920. The Labute approximate surface area is 294 Å². The SMILES string of the molecule is c1ccc2c(-c3ccc4cc(-c5cccc6c5oc5c(-c7ccc8c9ccccc9c9ccccc9c8c7)cccc56)ccc4c3)cccc2c1. The van der Waals surface area contributed by atoms with Crippen LogP contribution >= 0.6 is 0 Å². The quantitative estimate of drug-likeness (QED) is 0.174. The summed E-state index contributed by atoms with van der Waals surface area (Å²) in [6.45, 7) is 0. The van der Waals surface area contributed by atoms with Crippen molar-refractivity contribution in [2.24, 2.45) is 0 Å². The van der Waals surface area contributed by atoms with Crippen molar-refractivity contribution in [2.75, 3.05) is 0 Å². The number of benzene rings is 10. The lowest BCUT2D eigenvalue weighted by atomic mass is 9.92. The zero-order valence-corrected chi connectivity index (χ0v) is 27.7. The Morgan fingerprint density at radius 2 is 0.647 bits per heavy atom. The fraction of sp³-hybridized carbons (Fsp3) is 0. The van der Waals surface area contributed by atoms with Gasteiger partial charge in [0, 0.05) is 21.9 Å². The van der Waals surface area contributed by atoms with Gasteiger partial charge in [-0.05, 0) is 94.3 Å². The van der Waals surface area contributed by atoms with Gasteiger partial charge < -0.3 is 4.42 Å². The average Bonchev–Trinajstić information content (AvgIpc) is 3.59. The molecule has 1 nitrogen and oxygen atoms in total. The summed E-state index contributed by atoms with van der Waals surface area (Å²) in [4.78, 5) is 0. The van der Waals surface area contributed by atoms with Crippen LogP contribution in [0.5, 0.6) is 0 Å². The molecule has 0 radical (unpaired) electrons. The predicted octanol–water partition coefficient (Wildman–Crippen LogP) is 14.4. The lowest BCUT2D eigenvalue weighted by Gasteiger charge is -2.12. The van der Waals surface area contributed by atoms with Crippen molar-refractivity contribution in [1.29, 1.82) is 0 Å². The minimum absolute atomic E-state index is 0.920. The van der Waals surface area contributed by atoms with E-state index in [2.05, 4.69) is 182 Å². The highest BCUT2D eigenvalue weighted by Crippen LogP contribution is 2.43. The summed E-state index contributed by atoms with van der Waals surface area (Å²) in [6.07, 6.45) is 0. The molecule has 0 aliphatic carbocycles. The predicted molar refractivity (Wildman–Crippen MR) is 218 cm³/mol. The molecule has 1 heterocycles. The van der Waals surface area contributed by atoms with Gasteiger partial charge in [0.25, 0.3) is 0 Å². The van der Waals surface area contributed by atoms with Crippen molar-refractivity contribution in [3.63, 3.8) is 0 Å². The Hall–Kier alpha value is -6.70. The Morgan fingerprint density at radius 3 is 1.27 bits per heavy atom. The first kappa shape index (κ1) is 28.2. The van der Waals surface area contributed by atoms with Gasteiger partial charge in [0.05, 0.1) is 0 Å². The van der Waals surface area contributed by atoms with Crippen LogP contribution in [0.15, 0.2) is 186 Å². The van der Waals surface area contributed by atoms with E-state index >= 15 is 0 Å². The van der Waals surface area contributed by atoms with E-state index in [0.29, 0.717) is 0 Å². The van der Waals surface area contributed by atoms with E-state index in [1.54, 1.807) is 0 Å². The molecule has 0 unspecified atom stereocenters. The molecule has 1 aromatic heterocycles. The van der Waals surface area contributed by atoms with E-state index in [9.17, 15) is 0 Å². The molecule has 0 bridgehead atoms. The first-order valence-electron chi connectivity index (χ1n) is 17.6. The largest absolute Gasteiger partial charge is 0.455 e.